The van der Waals surface area contributed by atoms with Crippen molar-refractivity contribution in [3.05, 3.63) is 41.8 Å². The van der Waals surface area contributed by atoms with Crippen LogP contribution < -0.4 is 10.2 Å². The van der Waals surface area contributed by atoms with E-state index in [1.165, 1.54) is 5.56 Å². The van der Waals surface area contributed by atoms with E-state index in [1.807, 2.05) is 32.2 Å². The molecule has 0 spiro atoms. The van der Waals surface area contributed by atoms with Gasteiger partial charge in [0.15, 0.2) is 0 Å². The van der Waals surface area contributed by atoms with Gasteiger partial charge in [-0.1, -0.05) is 35.4 Å². The second-order valence-corrected chi connectivity index (χ2v) is 4.43. The Kier molecular flexibility index (Phi) is 4.52. The predicted molar refractivity (Wildman–Crippen MR) is 74.9 cm³/mol. The third kappa shape index (κ3) is 3.32. The van der Waals surface area contributed by atoms with Crippen molar-refractivity contribution >= 4 is 6.01 Å². The molecule has 0 fully saturated rings. The highest BCUT2D eigenvalue weighted by atomic mass is 16.4. The molecule has 0 aliphatic rings. The summed E-state index contributed by atoms with van der Waals surface area (Å²) in [5.74, 6) is 0.615. The fourth-order valence-corrected chi connectivity index (χ4v) is 1.77. The Bertz CT molecular complexity index is 497. The van der Waals surface area contributed by atoms with Crippen LogP contribution >= 0.6 is 0 Å². The van der Waals surface area contributed by atoms with Crippen LogP contribution in [0.25, 0.3) is 0 Å². The van der Waals surface area contributed by atoms with E-state index in [2.05, 4.69) is 39.5 Å². The van der Waals surface area contributed by atoms with E-state index in [0.29, 0.717) is 11.9 Å². The highest BCUT2D eigenvalue weighted by Gasteiger charge is 2.16. The van der Waals surface area contributed by atoms with Gasteiger partial charge in [0.05, 0.1) is 6.04 Å². The summed E-state index contributed by atoms with van der Waals surface area (Å²) in [4.78, 5) is 2.06. The minimum Gasteiger partial charge on any atom is -0.406 e. The summed E-state index contributed by atoms with van der Waals surface area (Å²) in [7, 11) is 1.87. The van der Waals surface area contributed by atoms with Gasteiger partial charge in [-0.25, -0.2) is 0 Å². The van der Waals surface area contributed by atoms with Crippen molar-refractivity contribution in [3.8, 4) is 0 Å². The Morgan fingerprint density at radius 3 is 2.63 bits per heavy atom. The first-order chi connectivity index (χ1) is 9.24. The summed E-state index contributed by atoms with van der Waals surface area (Å²) in [5, 5.41) is 11.3. The van der Waals surface area contributed by atoms with Crippen molar-refractivity contribution in [1.82, 2.24) is 15.5 Å². The maximum absolute atomic E-state index is 5.70. The van der Waals surface area contributed by atoms with Crippen LogP contribution in [0.1, 0.15) is 31.3 Å². The van der Waals surface area contributed by atoms with Crippen LogP contribution in [0.2, 0.25) is 0 Å². The molecule has 0 radical (unpaired) electrons. The van der Waals surface area contributed by atoms with Crippen LogP contribution in [0, 0.1) is 0 Å². The number of aromatic nitrogens is 2. The lowest BCUT2D eigenvalue weighted by Crippen LogP contribution is -2.22. The molecule has 5 heteroatoms. The van der Waals surface area contributed by atoms with Crippen LogP contribution in [0.5, 0.6) is 0 Å². The molecule has 1 atom stereocenters. The summed E-state index contributed by atoms with van der Waals surface area (Å²) in [6.07, 6.45) is 0. The maximum Gasteiger partial charge on any atom is 0.318 e. The second-order valence-electron chi connectivity index (χ2n) is 4.43. The number of nitrogens with zero attached hydrogens (tertiary/aromatic N) is 3. The van der Waals surface area contributed by atoms with Gasteiger partial charge in [0.2, 0.25) is 5.89 Å². The van der Waals surface area contributed by atoms with Crippen LogP contribution in [0.15, 0.2) is 34.7 Å². The molecule has 0 aliphatic carbocycles. The molecule has 0 saturated carbocycles. The van der Waals surface area contributed by atoms with Gasteiger partial charge < -0.3 is 14.6 Å². The molecule has 1 N–H and O–H groups in total. The van der Waals surface area contributed by atoms with Crippen molar-refractivity contribution in [2.24, 2.45) is 0 Å². The van der Waals surface area contributed by atoms with Crippen molar-refractivity contribution in [1.29, 1.82) is 0 Å². The molecule has 2 aromatic rings. The van der Waals surface area contributed by atoms with Gasteiger partial charge in [-0.3, -0.25) is 0 Å². The van der Waals surface area contributed by atoms with Crippen LogP contribution in [-0.2, 0) is 6.54 Å². The first-order valence-corrected chi connectivity index (χ1v) is 6.54. The Balaban J connectivity index is 2.11. The van der Waals surface area contributed by atoms with Crippen molar-refractivity contribution in [3.63, 3.8) is 0 Å². The van der Waals surface area contributed by atoms with E-state index in [1.54, 1.807) is 0 Å². The molecule has 0 bridgehead atoms. The number of anilines is 1. The molecule has 102 valence electrons. The Labute approximate surface area is 113 Å². The molecule has 1 aromatic carbocycles. The zero-order valence-corrected chi connectivity index (χ0v) is 11.6. The highest BCUT2D eigenvalue weighted by molar-refractivity contribution is 5.28. The molecule has 19 heavy (non-hydrogen) atoms. The maximum atomic E-state index is 5.70. The quantitative estimate of drug-likeness (QED) is 0.864. The Morgan fingerprint density at radius 1 is 1.26 bits per heavy atom. The van der Waals surface area contributed by atoms with Gasteiger partial charge in [-0.05, 0) is 26.5 Å². The molecule has 5 nitrogen and oxygen atoms in total. The first-order valence-electron chi connectivity index (χ1n) is 6.54. The van der Waals surface area contributed by atoms with Gasteiger partial charge in [0, 0.05) is 13.1 Å². The zero-order chi connectivity index (χ0) is 13.7. The first kappa shape index (κ1) is 13.5. The second kappa shape index (κ2) is 6.33. The van der Waals surface area contributed by atoms with E-state index in [0.717, 1.165) is 13.1 Å². The largest absolute Gasteiger partial charge is 0.406 e. The fraction of sp³-hybridized carbons (Fsp3) is 0.429. The smallest absolute Gasteiger partial charge is 0.318 e. The molecule has 1 unspecified atom stereocenters. The topological polar surface area (TPSA) is 54.2 Å². The van der Waals surface area contributed by atoms with Crippen molar-refractivity contribution in [2.75, 3.05) is 18.5 Å². The van der Waals surface area contributed by atoms with Gasteiger partial charge in [-0.15, -0.1) is 5.10 Å². The molecular formula is C14H20N4O. The van der Waals surface area contributed by atoms with Gasteiger partial charge in [0.25, 0.3) is 0 Å². The van der Waals surface area contributed by atoms with E-state index < -0.39 is 0 Å². The Morgan fingerprint density at radius 2 is 2.00 bits per heavy atom. The minimum absolute atomic E-state index is 0.0664. The lowest BCUT2D eigenvalue weighted by molar-refractivity contribution is 0.429. The van der Waals surface area contributed by atoms with Crippen molar-refractivity contribution < 1.29 is 4.42 Å². The standard InChI is InChI=1S/C14H20N4O/c1-4-18(10-12-8-6-5-7-9-12)14-17-16-13(19-14)11(2)15-3/h5-9,11,15H,4,10H2,1-3H3. The predicted octanol–water partition coefficient (Wildman–Crippen LogP) is 2.38. The minimum atomic E-state index is 0.0664. The highest BCUT2D eigenvalue weighted by Crippen LogP contribution is 2.18. The SMILES string of the molecule is CCN(Cc1ccccc1)c1nnc(C(C)NC)o1. The van der Waals surface area contributed by atoms with E-state index in [-0.39, 0.29) is 6.04 Å². The van der Waals surface area contributed by atoms with Gasteiger partial charge in [-0.2, -0.15) is 0 Å². The normalized spacial score (nSPS) is 12.4. The summed E-state index contributed by atoms with van der Waals surface area (Å²) >= 11 is 0. The lowest BCUT2D eigenvalue weighted by atomic mass is 10.2. The number of rotatable bonds is 6. The molecular weight excluding hydrogens is 240 g/mol. The molecule has 1 aromatic heterocycles. The summed E-state index contributed by atoms with van der Waals surface area (Å²) in [5.41, 5.74) is 1.23. The van der Waals surface area contributed by atoms with E-state index in [9.17, 15) is 0 Å². The third-order valence-electron chi connectivity index (χ3n) is 3.10. The summed E-state index contributed by atoms with van der Waals surface area (Å²) in [6.45, 7) is 5.66. The van der Waals surface area contributed by atoms with Gasteiger partial charge >= 0.3 is 6.01 Å². The third-order valence-corrected chi connectivity index (χ3v) is 3.10. The van der Waals surface area contributed by atoms with Crippen molar-refractivity contribution in [2.45, 2.75) is 26.4 Å². The molecule has 0 amide bonds. The molecule has 2 rings (SSSR count). The lowest BCUT2D eigenvalue weighted by Gasteiger charge is -2.17. The molecule has 1 heterocycles. The number of benzene rings is 1. The van der Waals surface area contributed by atoms with E-state index in [4.69, 9.17) is 4.42 Å². The monoisotopic (exact) mass is 260 g/mol. The molecule has 0 saturated heterocycles. The number of nitrogens with one attached hydrogen (secondary N) is 1. The Hall–Kier alpha value is -1.88. The van der Waals surface area contributed by atoms with Crippen LogP contribution in [0.4, 0.5) is 6.01 Å². The van der Waals surface area contributed by atoms with Crippen LogP contribution in [-0.4, -0.2) is 23.8 Å². The average molecular weight is 260 g/mol. The fourth-order valence-electron chi connectivity index (χ4n) is 1.77. The molecule has 0 aliphatic heterocycles. The summed E-state index contributed by atoms with van der Waals surface area (Å²) < 4.78 is 5.70. The zero-order valence-electron chi connectivity index (χ0n) is 11.6. The van der Waals surface area contributed by atoms with Gasteiger partial charge in [0.1, 0.15) is 0 Å². The number of hydrogen-bond acceptors (Lipinski definition) is 5. The average Bonchev–Trinajstić information content (AvgIpc) is 2.94. The van der Waals surface area contributed by atoms with E-state index >= 15 is 0 Å². The van der Waals surface area contributed by atoms with Crippen LogP contribution in [0.3, 0.4) is 0 Å². The summed E-state index contributed by atoms with van der Waals surface area (Å²) in [6, 6.07) is 10.9. The number of hydrogen-bond donors (Lipinski definition) is 1.